The third-order valence-electron chi connectivity index (χ3n) is 3.16. The molecule has 3 heteroatoms. The molecule has 19 heavy (non-hydrogen) atoms. The van der Waals surface area contributed by atoms with Gasteiger partial charge in [0.15, 0.2) is 0 Å². The second-order valence-corrected chi connectivity index (χ2v) is 5.38. The van der Waals surface area contributed by atoms with Gasteiger partial charge in [0.25, 0.3) is 0 Å². The van der Waals surface area contributed by atoms with E-state index in [-0.39, 0.29) is 11.7 Å². The van der Waals surface area contributed by atoms with Crippen molar-refractivity contribution < 1.29 is 9.47 Å². The molecule has 1 heterocycles. The molecule has 0 aromatic heterocycles. The van der Waals surface area contributed by atoms with Gasteiger partial charge in [-0.3, -0.25) is 0 Å². The van der Waals surface area contributed by atoms with Crippen LogP contribution in [0.1, 0.15) is 32.3 Å². The van der Waals surface area contributed by atoms with Gasteiger partial charge in [0.05, 0.1) is 18.2 Å². The summed E-state index contributed by atoms with van der Waals surface area (Å²) in [6.45, 7) is 5.21. The smallest absolute Gasteiger partial charge is 0.120 e. The monoisotopic (exact) mass is 259 g/mol. The second kappa shape index (κ2) is 6.10. The van der Waals surface area contributed by atoms with Crippen LogP contribution in [0, 0.1) is 11.8 Å². The molecule has 2 rings (SSSR count). The number of hydrogen-bond acceptors (Lipinski definition) is 3. The molecule has 0 spiro atoms. The van der Waals surface area contributed by atoms with Gasteiger partial charge in [0.1, 0.15) is 12.4 Å². The zero-order chi connectivity index (χ0) is 13.7. The lowest BCUT2D eigenvalue weighted by Gasteiger charge is -2.19. The zero-order valence-electron chi connectivity index (χ0n) is 11.6. The van der Waals surface area contributed by atoms with Crippen molar-refractivity contribution in [2.75, 3.05) is 13.2 Å². The van der Waals surface area contributed by atoms with Gasteiger partial charge in [-0.2, -0.15) is 0 Å². The minimum Gasteiger partial charge on any atom is -0.491 e. The highest BCUT2D eigenvalue weighted by Gasteiger charge is 2.31. The Morgan fingerprint density at radius 2 is 2.32 bits per heavy atom. The van der Waals surface area contributed by atoms with Crippen molar-refractivity contribution in [1.29, 1.82) is 0 Å². The van der Waals surface area contributed by atoms with Crippen molar-refractivity contribution >= 4 is 0 Å². The van der Waals surface area contributed by atoms with Crippen LogP contribution in [0.3, 0.4) is 0 Å². The van der Waals surface area contributed by atoms with Gasteiger partial charge < -0.3 is 15.2 Å². The Morgan fingerprint density at radius 3 is 3.00 bits per heavy atom. The van der Waals surface area contributed by atoms with E-state index in [1.165, 1.54) is 0 Å². The van der Waals surface area contributed by atoms with Crippen LogP contribution < -0.4 is 10.5 Å². The van der Waals surface area contributed by atoms with Crippen LogP contribution in [0.15, 0.2) is 24.3 Å². The molecule has 1 aliphatic rings. The van der Waals surface area contributed by atoms with E-state index < -0.39 is 0 Å². The first-order chi connectivity index (χ1) is 9.09. The molecule has 1 aromatic rings. The Bertz CT molecular complexity index is 485. The number of hydrogen-bond donors (Lipinski definition) is 1. The van der Waals surface area contributed by atoms with E-state index in [1.54, 1.807) is 0 Å². The van der Waals surface area contributed by atoms with Crippen LogP contribution in [-0.2, 0) is 4.74 Å². The van der Waals surface area contributed by atoms with E-state index in [2.05, 4.69) is 25.7 Å². The SMILES string of the molecule is CC1(C)CCC(COc2cccc(C#CCN)c2)O1. The Balaban J connectivity index is 1.89. The van der Waals surface area contributed by atoms with Crippen molar-refractivity contribution in [3.8, 4) is 17.6 Å². The summed E-state index contributed by atoms with van der Waals surface area (Å²) >= 11 is 0. The summed E-state index contributed by atoms with van der Waals surface area (Å²) in [7, 11) is 0. The molecular formula is C16H21NO2. The normalized spacial score (nSPS) is 20.7. The van der Waals surface area contributed by atoms with E-state index in [4.69, 9.17) is 15.2 Å². The maximum Gasteiger partial charge on any atom is 0.120 e. The van der Waals surface area contributed by atoms with E-state index in [0.717, 1.165) is 24.2 Å². The summed E-state index contributed by atoms with van der Waals surface area (Å²) in [5, 5.41) is 0. The first kappa shape index (κ1) is 13.9. The van der Waals surface area contributed by atoms with Gasteiger partial charge in [-0.1, -0.05) is 17.9 Å². The molecular weight excluding hydrogens is 238 g/mol. The molecule has 3 nitrogen and oxygen atoms in total. The lowest BCUT2D eigenvalue weighted by molar-refractivity contribution is -0.0326. The molecule has 1 saturated heterocycles. The number of rotatable bonds is 3. The van der Waals surface area contributed by atoms with Gasteiger partial charge >= 0.3 is 0 Å². The Labute approximate surface area is 115 Å². The molecule has 0 aliphatic carbocycles. The number of ether oxygens (including phenoxy) is 2. The van der Waals surface area contributed by atoms with Crippen molar-refractivity contribution in [3.05, 3.63) is 29.8 Å². The molecule has 0 radical (unpaired) electrons. The van der Waals surface area contributed by atoms with Crippen LogP contribution in [0.25, 0.3) is 0 Å². The van der Waals surface area contributed by atoms with Crippen LogP contribution in [-0.4, -0.2) is 24.9 Å². The van der Waals surface area contributed by atoms with Crippen LogP contribution >= 0.6 is 0 Å². The maximum atomic E-state index is 5.90. The Hall–Kier alpha value is -1.50. The summed E-state index contributed by atoms with van der Waals surface area (Å²) in [5.74, 6) is 6.67. The van der Waals surface area contributed by atoms with Crippen LogP contribution in [0.2, 0.25) is 0 Å². The Kier molecular flexibility index (Phi) is 4.47. The largest absolute Gasteiger partial charge is 0.491 e. The predicted octanol–water partition coefficient (Wildman–Crippen LogP) is 2.33. The highest BCUT2D eigenvalue weighted by Crippen LogP contribution is 2.29. The van der Waals surface area contributed by atoms with Gasteiger partial charge in [0.2, 0.25) is 0 Å². The van der Waals surface area contributed by atoms with Crippen LogP contribution in [0.4, 0.5) is 0 Å². The Morgan fingerprint density at radius 1 is 1.47 bits per heavy atom. The molecule has 2 N–H and O–H groups in total. The molecule has 1 aromatic carbocycles. The van der Waals surface area contributed by atoms with E-state index in [9.17, 15) is 0 Å². The van der Waals surface area contributed by atoms with Gasteiger partial charge in [-0.15, -0.1) is 0 Å². The van der Waals surface area contributed by atoms with E-state index >= 15 is 0 Å². The summed E-state index contributed by atoms with van der Waals surface area (Å²) < 4.78 is 11.7. The average molecular weight is 259 g/mol. The van der Waals surface area contributed by atoms with Crippen molar-refractivity contribution in [3.63, 3.8) is 0 Å². The maximum absolute atomic E-state index is 5.90. The van der Waals surface area contributed by atoms with E-state index in [0.29, 0.717) is 13.2 Å². The molecule has 1 fully saturated rings. The highest BCUT2D eigenvalue weighted by molar-refractivity contribution is 5.39. The fraction of sp³-hybridized carbons (Fsp3) is 0.500. The van der Waals surface area contributed by atoms with Crippen molar-refractivity contribution in [2.45, 2.75) is 38.4 Å². The molecule has 1 unspecified atom stereocenters. The average Bonchev–Trinajstić information content (AvgIpc) is 2.74. The van der Waals surface area contributed by atoms with Crippen molar-refractivity contribution in [2.24, 2.45) is 5.73 Å². The first-order valence-corrected chi connectivity index (χ1v) is 6.69. The summed E-state index contributed by atoms with van der Waals surface area (Å²) in [6, 6.07) is 7.76. The summed E-state index contributed by atoms with van der Waals surface area (Å²) in [4.78, 5) is 0. The number of nitrogens with two attached hydrogens (primary N) is 1. The van der Waals surface area contributed by atoms with Crippen molar-refractivity contribution in [1.82, 2.24) is 0 Å². The lowest BCUT2D eigenvalue weighted by Crippen LogP contribution is -2.23. The number of benzene rings is 1. The summed E-state index contributed by atoms with van der Waals surface area (Å²) in [5.41, 5.74) is 6.27. The second-order valence-electron chi connectivity index (χ2n) is 5.38. The molecule has 102 valence electrons. The lowest BCUT2D eigenvalue weighted by atomic mass is 10.1. The molecule has 0 amide bonds. The fourth-order valence-corrected chi connectivity index (χ4v) is 2.20. The predicted molar refractivity (Wildman–Crippen MR) is 76.1 cm³/mol. The quantitative estimate of drug-likeness (QED) is 0.847. The van der Waals surface area contributed by atoms with Gasteiger partial charge in [0, 0.05) is 5.56 Å². The third kappa shape index (κ3) is 4.27. The zero-order valence-corrected chi connectivity index (χ0v) is 11.6. The summed E-state index contributed by atoms with van der Waals surface area (Å²) in [6.07, 6.45) is 2.33. The molecule has 1 atom stereocenters. The minimum absolute atomic E-state index is 0.0114. The molecule has 0 bridgehead atoms. The first-order valence-electron chi connectivity index (χ1n) is 6.69. The third-order valence-corrected chi connectivity index (χ3v) is 3.16. The standard InChI is InChI=1S/C16H21NO2/c1-16(2)9-8-15(19-16)12-18-14-7-3-5-13(11-14)6-4-10-17/h3,5,7,11,15H,8-10,12,17H2,1-2H3. The highest BCUT2D eigenvalue weighted by atomic mass is 16.6. The van der Waals surface area contributed by atoms with Crippen LogP contribution in [0.5, 0.6) is 5.75 Å². The topological polar surface area (TPSA) is 44.5 Å². The van der Waals surface area contributed by atoms with Gasteiger partial charge in [-0.25, -0.2) is 0 Å². The molecule has 1 aliphatic heterocycles. The van der Waals surface area contributed by atoms with Gasteiger partial charge in [-0.05, 0) is 44.9 Å². The molecule has 0 saturated carbocycles. The fourth-order valence-electron chi connectivity index (χ4n) is 2.20. The van der Waals surface area contributed by atoms with E-state index in [1.807, 2.05) is 24.3 Å². The minimum atomic E-state index is -0.0114.